The Labute approximate surface area is 184 Å². The van der Waals surface area contributed by atoms with Gasteiger partial charge in [-0.3, -0.25) is 9.59 Å². The van der Waals surface area contributed by atoms with E-state index in [-0.39, 0.29) is 34.9 Å². The monoisotopic (exact) mass is 453 g/mol. The molecular weight excluding hydrogens is 427 g/mol. The van der Waals surface area contributed by atoms with E-state index in [1.54, 1.807) is 6.92 Å². The van der Waals surface area contributed by atoms with Crippen molar-refractivity contribution in [3.8, 4) is 11.5 Å². The van der Waals surface area contributed by atoms with Crippen LogP contribution >= 0.6 is 0 Å². The molecule has 2 aliphatic rings. The number of nitrogens with one attached hydrogen (secondary N) is 2. The zero-order chi connectivity index (χ0) is 23.5. The molecule has 0 bridgehead atoms. The zero-order valence-corrected chi connectivity index (χ0v) is 18.1. The molecule has 32 heavy (non-hydrogen) atoms. The first-order valence-electron chi connectivity index (χ1n) is 10.2. The maximum Gasteiger partial charge on any atom is 0.422 e. The molecule has 1 unspecified atom stereocenters. The molecule has 1 aliphatic carbocycles. The fraction of sp³-hybridized carbons (Fsp3) is 0.455. The van der Waals surface area contributed by atoms with Gasteiger partial charge >= 0.3 is 6.18 Å². The molecule has 1 fully saturated rings. The molecule has 3 rings (SSSR count). The summed E-state index contributed by atoms with van der Waals surface area (Å²) in [6, 6.07) is 3.50. The van der Waals surface area contributed by atoms with Gasteiger partial charge in [0.25, 0.3) is 5.91 Å². The summed E-state index contributed by atoms with van der Waals surface area (Å²) in [5, 5.41) is 5.78. The molecular formula is C22H26F3N3O4. The van der Waals surface area contributed by atoms with Gasteiger partial charge in [-0.1, -0.05) is 6.08 Å². The fourth-order valence-corrected chi connectivity index (χ4v) is 3.15. The van der Waals surface area contributed by atoms with Gasteiger partial charge in [-0.25, -0.2) is 0 Å². The molecule has 1 aromatic rings. The maximum atomic E-state index is 12.8. The van der Waals surface area contributed by atoms with Crippen LogP contribution in [-0.4, -0.2) is 56.2 Å². The highest BCUT2D eigenvalue weighted by atomic mass is 19.4. The van der Waals surface area contributed by atoms with E-state index < -0.39 is 18.7 Å². The Morgan fingerprint density at radius 1 is 1.28 bits per heavy atom. The molecule has 174 valence electrons. The Kier molecular flexibility index (Phi) is 7.00. The van der Waals surface area contributed by atoms with Crippen molar-refractivity contribution < 1.29 is 32.2 Å². The third-order valence-corrected chi connectivity index (χ3v) is 5.18. The molecule has 1 atom stereocenters. The third-order valence-electron chi connectivity index (χ3n) is 5.18. The van der Waals surface area contributed by atoms with Crippen LogP contribution in [0.3, 0.4) is 0 Å². The second-order valence-electron chi connectivity index (χ2n) is 7.84. The molecule has 0 radical (unpaired) electrons. The van der Waals surface area contributed by atoms with Crippen molar-refractivity contribution >= 4 is 11.8 Å². The Balaban J connectivity index is 1.66. The van der Waals surface area contributed by atoms with Gasteiger partial charge in [0.05, 0.1) is 18.7 Å². The number of amides is 2. The lowest BCUT2D eigenvalue weighted by atomic mass is 10.0. The van der Waals surface area contributed by atoms with Crippen LogP contribution in [0.25, 0.3) is 0 Å². The van der Waals surface area contributed by atoms with Crippen LogP contribution in [-0.2, 0) is 4.79 Å². The second-order valence-corrected chi connectivity index (χ2v) is 7.84. The number of alkyl halides is 3. The molecule has 1 aliphatic heterocycles. The molecule has 1 saturated carbocycles. The largest absolute Gasteiger partial charge is 0.496 e. The van der Waals surface area contributed by atoms with E-state index in [0.29, 0.717) is 12.4 Å². The Bertz CT molecular complexity index is 939. The Hall–Kier alpha value is -3.17. The van der Waals surface area contributed by atoms with Crippen molar-refractivity contribution in [2.45, 2.75) is 32.0 Å². The lowest BCUT2D eigenvalue weighted by Gasteiger charge is -2.28. The summed E-state index contributed by atoms with van der Waals surface area (Å²) in [7, 11) is 3.18. The number of halogens is 3. The van der Waals surface area contributed by atoms with E-state index in [1.807, 2.05) is 24.1 Å². The predicted octanol–water partition coefficient (Wildman–Crippen LogP) is 2.99. The topological polar surface area (TPSA) is 79.9 Å². The van der Waals surface area contributed by atoms with Crippen LogP contribution in [0, 0.1) is 5.92 Å². The second kappa shape index (κ2) is 9.54. The van der Waals surface area contributed by atoms with E-state index in [0.717, 1.165) is 18.4 Å². The SMILES string of the molecule is COc1cc(OCC(F)(F)F)ccc1C(=O)NC(C)C1=CCN(C)C(NC(=O)C2CC2)=C1. The van der Waals surface area contributed by atoms with Crippen molar-refractivity contribution in [3.05, 3.63) is 47.3 Å². The van der Waals surface area contributed by atoms with Gasteiger partial charge in [-0.2, -0.15) is 13.2 Å². The standard InChI is InChI=1S/C22H26F3N3O4/c1-13(15-8-9-28(2)19(10-15)27-20(29)14-4-5-14)26-21(30)17-7-6-16(11-18(17)31-3)32-12-22(23,24)25/h6-8,10-11,13-14H,4-5,9,12H2,1-3H3,(H,26,30)(H,27,29). The number of rotatable bonds is 8. The van der Waals surface area contributed by atoms with Gasteiger partial charge in [0, 0.05) is 25.6 Å². The first kappa shape index (κ1) is 23.5. The molecule has 1 aromatic carbocycles. The first-order chi connectivity index (χ1) is 15.1. The third kappa shape index (κ3) is 6.18. The van der Waals surface area contributed by atoms with Crippen LogP contribution in [0.4, 0.5) is 13.2 Å². The highest BCUT2D eigenvalue weighted by Gasteiger charge is 2.31. The van der Waals surface area contributed by atoms with E-state index in [4.69, 9.17) is 9.47 Å². The molecule has 1 heterocycles. The summed E-state index contributed by atoms with van der Waals surface area (Å²) in [6.07, 6.45) is 1.10. The van der Waals surface area contributed by atoms with Crippen LogP contribution in [0.2, 0.25) is 0 Å². The number of nitrogens with zero attached hydrogens (tertiary/aromatic N) is 1. The summed E-state index contributed by atoms with van der Waals surface area (Å²) >= 11 is 0. The van der Waals surface area contributed by atoms with Gasteiger partial charge in [0.1, 0.15) is 17.3 Å². The smallest absolute Gasteiger partial charge is 0.422 e. The minimum absolute atomic E-state index is 0.00129. The quantitative estimate of drug-likeness (QED) is 0.633. The van der Waals surface area contributed by atoms with E-state index in [1.165, 1.54) is 25.3 Å². The number of hydrogen-bond acceptors (Lipinski definition) is 5. The number of likely N-dealkylation sites (N-methyl/N-ethyl adjacent to an activating group) is 1. The molecule has 2 amide bonds. The van der Waals surface area contributed by atoms with Crippen molar-refractivity contribution in [1.29, 1.82) is 0 Å². The Morgan fingerprint density at radius 2 is 2.00 bits per heavy atom. The molecule has 10 heteroatoms. The number of methoxy groups -OCH3 is 1. The molecule has 0 spiro atoms. The lowest BCUT2D eigenvalue weighted by Crippen LogP contribution is -2.39. The Morgan fingerprint density at radius 3 is 2.62 bits per heavy atom. The highest BCUT2D eigenvalue weighted by molar-refractivity contribution is 5.97. The van der Waals surface area contributed by atoms with E-state index in [2.05, 4.69) is 10.6 Å². The number of carbonyl (C=O) groups excluding carboxylic acids is 2. The average molecular weight is 453 g/mol. The number of ether oxygens (including phenoxy) is 2. The summed E-state index contributed by atoms with van der Waals surface area (Å²) < 4.78 is 46.9. The molecule has 0 saturated heterocycles. The summed E-state index contributed by atoms with van der Waals surface area (Å²) in [5.41, 5.74) is 0.991. The molecule has 2 N–H and O–H groups in total. The van der Waals surface area contributed by atoms with Crippen LogP contribution in [0.15, 0.2) is 41.7 Å². The van der Waals surface area contributed by atoms with Gasteiger partial charge in [-0.15, -0.1) is 0 Å². The van der Waals surface area contributed by atoms with Crippen molar-refractivity contribution in [2.75, 3.05) is 27.3 Å². The van der Waals surface area contributed by atoms with Gasteiger partial charge < -0.3 is 25.0 Å². The minimum Gasteiger partial charge on any atom is -0.496 e. The van der Waals surface area contributed by atoms with Crippen LogP contribution in [0.1, 0.15) is 30.1 Å². The summed E-state index contributed by atoms with van der Waals surface area (Å²) in [6.45, 7) is 0.938. The van der Waals surface area contributed by atoms with Crippen molar-refractivity contribution in [1.82, 2.24) is 15.5 Å². The highest BCUT2D eigenvalue weighted by Crippen LogP contribution is 2.30. The maximum absolute atomic E-state index is 12.8. The minimum atomic E-state index is -4.47. The molecule has 7 nitrogen and oxygen atoms in total. The zero-order valence-electron chi connectivity index (χ0n) is 18.1. The molecule has 0 aromatic heterocycles. The van der Waals surface area contributed by atoms with E-state index in [9.17, 15) is 22.8 Å². The average Bonchev–Trinajstić information content (AvgIpc) is 3.58. The van der Waals surface area contributed by atoms with E-state index >= 15 is 0 Å². The predicted molar refractivity (Wildman–Crippen MR) is 111 cm³/mol. The lowest BCUT2D eigenvalue weighted by molar-refractivity contribution is -0.153. The van der Waals surface area contributed by atoms with Crippen molar-refractivity contribution in [3.63, 3.8) is 0 Å². The first-order valence-corrected chi connectivity index (χ1v) is 10.2. The van der Waals surface area contributed by atoms with Crippen LogP contribution in [0.5, 0.6) is 11.5 Å². The van der Waals surface area contributed by atoms with Gasteiger partial charge in [-0.05, 0) is 43.5 Å². The fourth-order valence-electron chi connectivity index (χ4n) is 3.15. The number of benzene rings is 1. The van der Waals surface area contributed by atoms with Crippen LogP contribution < -0.4 is 20.1 Å². The summed E-state index contributed by atoms with van der Waals surface area (Å²) in [4.78, 5) is 26.8. The van der Waals surface area contributed by atoms with Gasteiger partial charge in [0.15, 0.2) is 6.61 Å². The normalized spacial score (nSPS) is 17.1. The summed E-state index contributed by atoms with van der Waals surface area (Å²) in [5.74, 6) is 0.336. The number of hydrogen-bond donors (Lipinski definition) is 2. The number of carbonyl (C=O) groups is 2. The van der Waals surface area contributed by atoms with Crippen molar-refractivity contribution in [2.24, 2.45) is 5.92 Å². The van der Waals surface area contributed by atoms with Gasteiger partial charge in [0.2, 0.25) is 5.91 Å².